The van der Waals surface area contributed by atoms with E-state index in [0.29, 0.717) is 6.04 Å². The molecule has 0 radical (unpaired) electrons. The molecule has 0 bridgehead atoms. The van der Waals surface area contributed by atoms with E-state index >= 15 is 0 Å². The lowest BCUT2D eigenvalue weighted by Gasteiger charge is -2.14. The van der Waals surface area contributed by atoms with Crippen molar-refractivity contribution in [1.82, 2.24) is 5.32 Å². The molecular formula is C12H17NS2. The molecule has 15 heavy (non-hydrogen) atoms. The fraction of sp³-hybridized carbons (Fsp3) is 0.500. The van der Waals surface area contributed by atoms with Crippen LogP contribution in [-0.2, 0) is 0 Å². The van der Waals surface area contributed by atoms with Crippen LogP contribution in [0.15, 0.2) is 17.5 Å². The minimum atomic E-state index is 0.560. The molecule has 0 spiro atoms. The molecule has 0 aliphatic heterocycles. The van der Waals surface area contributed by atoms with E-state index in [0.717, 1.165) is 6.54 Å². The van der Waals surface area contributed by atoms with Gasteiger partial charge in [0.05, 0.1) is 0 Å². The van der Waals surface area contributed by atoms with Crippen LogP contribution in [0.2, 0.25) is 0 Å². The number of fused-ring (bicyclic) bond motifs is 1. The Morgan fingerprint density at radius 2 is 2.20 bits per heavy atom. The molecule has 1 unspecified atom stereocenters. The Hall–Kier alpha value is -0.380. The monoisotopic (exact) mass is 239 g/mol. The topological polar surface area (TPSA) is 12.0 Å². The molecule has 1 atom stereocenters. The first-order chi connectivity index (χ1) is 7.35. The highest BCUT2D eigenvalue weighted by Gasteiger charge is 2.12. The zero-order chi connectivity index (χ0) is 10.7. The number of nitrogens with one attached hydrogen (secondary N) is 1. The second-order valence-electron chi connectivity index (χ2n) is 3.70. The highest BCUT2D eigenvalue weighted by Crippen LogP contribution is 2.34. The van der Waals surface area contributed by atoms with Crippen molar-refractivity contribution in [2.75, 3.05) is 6.54 Å². The fourth-order valence-electron chi connectivity index (χ4n) is 1.84. The molecule has 0 saturated heterocycles. The minimum Gasteiger partial charge on any atom is -0.310 e. The average molecular weight is 239 g/mol. The van der Waals surface area contributed by atoms with Gasteiger partial charge in [-0.25, -0.2) is 0 Å². The molecule has 2 aromatic rings. The van der Waals surface area contributed by atoms with Crippen LogP contribution in [-0.4, -0.2) is 6.54 Å². The van der Waals surface area contributed by atoms with Gasteiger partial charge in [0.25, 0.3) is 0 Å². The Balaban J connectivity index is 2.22. The molecule has 0 fully saturated rings. The van der Waals surface area contributed by atoms with Crippen LogP contribution in [0.4, 0.5) is 0 Å². The van der Waals surface area contributed by atoms with Crippen molar-refractivity contribution in [3.63, 3.8) is 0 Å². The highest BCUT2D eigenvalue weighted by atomic mass is 32.1. The minimum absolute atomic E-state index is 0.560. The first-order valence-corrected chi connectivity index (χ1v) is 7.25. The van der Waals surface area contributed by atoms with Gasteiger partial charge in [0.2, 0.25) is 0 Å². The maximum Gasteiger partial charge on any atom is 0.0454 e. The fourth-order valence-corrected chi connectivity index (χ4v) is 4.07. The number of rotatable bonds is 5. The van der Waals surface area contributed by atoms with E-state index in [9.17, 15) is 0 Å². The van der Waals surface area contributed by atoms with Crippen molar-refractivity contribution in [1.29, 1.82) is 0 Å². The summed E-state index contributed by atoms with van der Waals surface area (Å²) in [6, 6.07) is 5.14. The van der Waals surface area contributed by atoms with E-state index < -0.39 is 0 Å². The maximum absolute atomic E-state index is 3.57. The zero-order valence-corrected chi connectivity index (χ0v) is 10.9. The summed E-state index contributed by atoms with van der Waals surface area (Å²) in [4.78, 5) is 1.50. The van der Waals surface area contributed by atoms with Gasteiger partial charge in [0, 0.05) is 20.3 Å². The van der Waals surface area contributed by atoms with Gasteiger partial charge < -0.3 is 5.32 Å². The third-order valence-electron chi connectivity index (χ3n) is 2.53. The zero-order valence-electron chi connectivity index (χ0n) is 9.25. The molecule has 1 N–H and O–H groups in total. The Bertz CT molecular complexity index is 381. The molecule has 2 aromatic heterocycles. The summed E-state index contributed by atoms with van der Waals surface area (Å²) in [5, 5.41) is 5.74. The molecule has 2 rings (SSSR count). The second-order valence-corrected chi connectivity index (χ2v) is 5.76. The normalized spacial score (nSPS) is 13.5. The molecule has 3 heteroatoms. The van der Waals surface area contributed by atoms with Gasteiger partial charge in [-0.05, 0) is 30.5 Å². The summed E-state index contributed by atoms with van der Waals surface area (Å²) in [6.07, 6.45) is 2.48. The first kappa shape index (κ1) is 11.1. The van der Waals surface area contributed by atoms with Crippen molar-refractivity contribution in [3.05, 3.63) is 22.4 Å². The maximum atomic E-state index is 3.57. The highest BCUT2D eigenvalue weighted by molar-refractivity contribution is 7.26. The van der Waals surface area contributed by atoms with E-state index in [4.69, 9.17) is 0 Å². The van der Waals surface area contributed by atoms with E-state index in [1.54, 1.807) is 0 Å². The van der Waals surface area contributed by atoms with Gasteiger partial charge in [-0.15, -0.1) is 22.7 Å². The predicted molar refractivity (Wildman–Crippen MR) is 71.0 cm³/mol. The Kier molecular flexibility index (Phi) is 3.78. The van der Waals surface area contributed by atoms with Crippen molar-refractivity contribution < 1.29 is 0 Å². The first-order valence-electron chi connectivity index (χ1n) is 5.55. The lowest BCUT2D eigenvalue weighted by molar-refractivity contribution is 0.517. The predicted octanol–water partition coefficient (Wildman–Crippen LogP) is 4.41. The largest absolute Gasteiger partial charge is 0.310 e. The molecule has 1 nitrogen and oxygen atoms in total. The summed E-state index contributed by atoms with van der Waals surface area (Å²) in [5.74, 6) is 0. The van der Waals surface area contributed by atoms with Crippen LogP contribution in [0.25, 0.3) is 9.40 Å². The van der Waals surface area contributed by atoms with Crippen molar-refractivity contribution >= 4 is 32.1 Å². The summed E-state index contributed by atoms with van der Waals surface area (Å²) in [7, 11) is 0. The van der Waals surface area contributed by atoms with Gasteiger partial charge in [0.15, 0.2) is 0 Å². The molecule has 0 amide bonds. The van der Waals surface area contributed by atoms with Gasteiger partial charge in [0.1, 0.15) is 0 Å². The summed E-state index contributed by atoms with van der Waals surface area (Å²) in [6.45, 7) is 5.48. The Morgan fingerprint density at radius 1 is 1.33 bits per heavy atom. The van der Waals surface area contributed by atoms with Crippen LogP contribution in [0.3, 0.4) is 0 Å². The van der Waals surface area contributed by atoms with Crippen LogP contribution >= 0.6 is 22.7 Å². The van der Waals surface area contributed by atoms with Crippen molar-refractivity contribution in [2.45, 2.75) is 32.7 Å². The SMILES string of the molecule is CCCC(NCC)c1cc2sccc2s1. The Morgan fingerprint density at radius 3 is 2.87 bits per heavy atom. The second kappa shape index (κ2) is 5.10. The Labute approximate surface area is 99.1 Å². The van der Waals surface area contributed by atoms with Crippen LogP contribution in [0, 0.1) is 0 Å². The van der Waals surface area contributed by atoms with Crippen LogP contribution < -0.4 is 5.32 Å². The van der Waals surface area contributed by atoms with Gasteiger partial charge >= 0.3 is 0 Å². The van der Waals surface area contributed by atoms with E-state index in [1.807, 2.05) is 22.7 Å². The average Bonchev–Trinajstić information content (AvgIpc) is 2.76. The summed E-state index contributed by atoms with van der Waals surface area (Å²) < 4.78 is 2.88. The lowest BCUT2D eigenvalue weighted by atomic mass is 10.1. The summed E-state index contributed by atoms with van der Waals surface area (Å²) >= 11 is 3.78. The third-order valence-corrected chi connectivity index (χ3v) is 4.74. The van der Waals surface area contributed by atoms with E-state index in [-0.39, 0.29) is 0 Å². The molecule has 82 valence electrons. The van der Waals surface area contributed by atoms with Crippen molar-refractivity contribution in [3.8, 4) is 0 Å². The quantitative estimate of drug-likeness (QED) is 0.814. The number of hydrogen-bond acceptors (Lipinski definition) is 3. The molecule has 0 saturated carbocycles. The summed E-state index contributed by atoms with van der Waals surface area (Å²) in [5.41, 5.74) is 0. The van der Waals surface area contributed by atoms with Gasteiger partial charge in [-0.2, -0.15) is 0 Å². The van der Waals surface area contributed by atoms with Crippen molar-refractivity contribution in [2.24, 2.45) is 0 Å². The van der Waals surface area contributed by atoms with Crippen LogP contribution in [0.1, 0.15) is 37.6 Å². The molecule has 2 heterocycles. The van der Waals surface area contributed by atoms with E-state index in [2.05, 4.69) is 36.7 Å². The smallest absolute Gasteiger partial charge is 0.0454 e. The number of hydrogen-bond donors (Lipinski definition) is 1. The van der Waals surface area contributed by atoms with Gasteiger partial charge in [-0.1, -0.05) is 20.3 Å². The molecule has 0 aliphatic carbocycles. The van der Waals surface area contributed by atoms with E-state index in [1.165, 1.54) is 27.1 Å². The lowest BCUT2D eigenvalue weighted by Crippen LogP contribution is -2.19. The standard InChI is InChI=1S/C12H17NS2/c1-3-5-9(13-4-2)11-8-12-10(15-11)6-7-14-12/h6-9,13H,3-5H2,1-2H3. The molecule has 0 aliphatic rings. The number of thiophene rings is 2. The molecular weight excluding hydrogens is 222 g/mol. The molecule has 0 aromatic carbocycles. The third kappa shape index (κ3) is 2.41. The van der Waals surface area contributed by atoms with Gasteiger partial charge in [-0.3, -0.25) is 0 Å². The van der Waals surface area contributed by atoms with Crippen LogP contribution in [0.5, 0.6) is 0 Å².